The van der Waals surface area contributed by atoms with Crippen molar-refractivity contribution in [2.45, 2.75) is 51.9 Å². The Kier molecular flexibility index (Phi) is 11.7. The van der Waals surface area contributed by atoms with E-state index in [9.17, 15) is 9.59 Å². The first-order valence-corrected chi connectivity index (χ1v) is 9.19. The maximum atomic E-state index is 11.6. The molecule has 0 N–H and O–H groups in total. The van der Waals surface area contributed by atoms with Crippen LogP contribution in [0.1, 0.15) is 51.9 Å². The molecular formula is C19H27ClO5. The molecule has 0 spiro atoms. The first-order valence-electron chi connectivity index (χ1n) is 8.81. The maximum absolute atomic E-state index is 11.6. The second-order valence-electron chi connectivity index (χ2n) is 5.76. The molecule has 0 radical (unpaired) electrons. The summed E-state index contributed by atoms with van der Waals surface area (Å²) < 4.78 is 15.1. The zero-order chi connectivity index (χ0) is 18.3. The Hall–Kier alpha value is -1.59. The van der Waals surface area contributed by atoms with Gasteiger partial charge in [-0.05, 0) is 30.7 Å². The Bertz CT molecular complexity index is 501. The van der Waals surface area contributed by atoms with E-state index in [0.717, 1.165) is 12.8 Å². The van der Waals surface area contributed by atoms with Crippen molar-refractivity contribution < 1.29 is 23.8 Å². The lowest BCUT2D eigenvalue weighted by atomic mass is 10.1. The molecule has 6 heteroatoms. The number of benzene rings is 1. The fourth-order valence-corrected chi connectivity index (χ4v) is 2.29. The van der Waals surface area contributed by atoms with E-state index in [1.54, 1.807) is 24.3 Å². The van der Waals surface area contributed by atoms with E-state index in [1.807, 2.05) is 0 Å². The van der Waals surface area contributed by atoms with Gasteiger partial charge in [0.1, 0.15) is 19.0 Å². The molecule has 0 atom stereocenters. The van der Waals surface area contributed by atoms with Crippen molar-refractivity contribution in [1.29, 1.82) is 0 Å². The molecule has 0 unspecified atom stereocenters. The number of carbonyl (C=O) groups excluding carboxylic acids is 2. The average Bonchev–Trinajstić information content (AvgIpc) is 2.59. The summed E-state index contributed by atoms with van der Waals surface area (Å²) in [4.78, 5) is 23.0. The molecule has 0 amide bonds. The van der Waals surface area contributed by atoms with Gasteiger partial charge < -0.3 is 14.2 Å². The topological polar surface area (TPSA) is 61.8 Å². The summed E-state index contributed by atoms with van der Waals surface area (Å²) in [5, 5.41) is 0.555. The van der Waals surface area contributed by atoms with Gasteiger partial charge in [-0.3, -0.25) is 0 Å². The van der Waals surface area contributed by atoms with Gasteiger partial charge in [-0.2, -0.15) is 0 Å². The second-order valence-corrected chi connectivity index (χ2v) is 6.20. The lowest BCUT2D eigenvalue weighted by Gasteiger charge is -2.06. The number of unbranched alkanes of at least 4 members (excludes halogenated alkanes) is 6. The third-order valence-corrected chi connectivity index (χ3v) is 3.75. The van der Waals surface area contributed by atoms with Gasteiger partial charge in [-0.1, -0.05) is 57.0 Å². The molecule has 1 rings (SSSR count). The van der Waals surface area contributed by atoms with Gasteiger partial charge in [-0.15, -0.1) is 0 Å². The van der Waals surface area contributed by atoms with Crippen molar-refractivity contribution in [3.8, 4) is 5.75 Å². The van der Waals surface area contributed by atoms with Crippen LogP contribution in [0.15, 0.2) is 24.3 Å². The number of hydrogen-bond donors (Lipinski definition) is 0. The minimum atomic E-state index is -0.581. The largest absolute Gasteiger partial charge is 0.464 e. The highest BCUT2D eigenvalue weighted by molar-refractivity contribution is 6.30. The molecule has 0 aromatic heterocycles. The van der Waals surface area contributed by atoms with Crippen LogP contribution < -0.4 is 4.74 Å². The van der Waals surface area contributed by atoms with Crippen LogP contribution in [0.4, 0.5) is 0 Å². The molecule has 0 aliphatic rings. The van der Waals surface area contributed by atoms with Crippen molar-refractivity contribution in [3.63, 3.8) is 0 Å². The third-order valence-electron chi connectivity index (χ3n) is 3.50. The van der Waals surface area contributed by atoms with Crippen LogP contribution >= 0.6 is 11.6 Å². The van der Waals surface area contributed by atoms with E-state index in [4.69, 9.17) is 25.8 Å². The zero-order valence-electron chi connectivity index (χ0n) is 14.8. The number of carbonyl (C=O) groups is 2. The van der Waals surface area contributed by atoms with Gasteiger partial charge in [0.15, 0.2) is 0 Å². The molecule has 1 aromatic rings. The van der Waals surface area contributed by atoms with Gasteiger partial charge in [0, 0.05) is 5.02 Å². The molecule has 1 aromatic carbocycles. The quantitative estimate of drug-likeness (QED) is 0.289. The van der Waals surface area contributed by atoms with E-state index in [2.05, 4.69) is 6.92 Å². The Balaban J connectivity index is 1.99. The highest BCUT2D eigenvalue weighted by Crippen LogP contribution is 2.15. The van der Waals surface area contributed by atoms with E-state index in [0.29, 0.717) is 17.4 Å². The predicted molar refractivity (Wildman–Crippen MR) is 96.9 cm³/mol. The molecule has 0 bridgehead atoms. The monoisotopic (exact) mass is 370 g/mol. The summed E-state index contributed by atoms with van der Waals surface area (Å²) in [7, 11) is 0. The highest BCUT2D eigenvalue weighted by Gasteiger charge is 2.08. The molecule has 0 aliphatic carbocycles. The van der Waals surface area contributed by atoms with Crippen LogP contribution in [0.3, 0.4) is 0 Å². The first-order chi connectivity index (χ1) is 12.1. The van der Waals surface area contributed by atoms with Crippen molar-refractivity contribution in [1.82, 2.24) is 0 Å². The van der Waals surface area contributed by atoms with Crippen molar-refractivity contribution in [3.05, 3.63) is 29.3 Å². The van der Waals surface area contributed by atoms with Crippen molar-refractivity contribution in [2.24, 2.45) is 0 Å². The van der Waals surface area contributed by atoms with Crippen LogP contribution in [-0.4, -0.2) is 31.8 Å². The van der Waals surface area contributed by atoms with Crippen LogP contribution in [0.2, 0.25) is 5.02 Å². The number of rotatable bonds is 13. The fourth-order valence-electron chi connectivity index (χ4n) is 2.17. The van der Waals surface area contributed by atoms with Crippen molar-refractivity contribution >= 4 is 23.5 Å². The molecule has 0 saturated heterocycles. The van der Waals surface area contributed by atoms with Crippen LogP contribution in [0.25, 0.3) is 0 Å². The summed E-state index contributed by atoms with van der Waals surface area (Å²) in [6.07, 6.45) is 8.13. The lowest BCUT2D eigenvalue weighted by molar-refractivity contribution is -0.152. The number of hydrogen-bond acceptors (Lipinski definition) is 5. The van der Waals surface area contributed by atoms with Crippen molar-refractivity contribution in [2.75, 3.05) is 19.8 Å². The van der Waals surface area contributed by atoms with Gasteiger partial charge in [0.25, 0.3) is 0 Å². The van der Waals surface area contributed by atoms with Gasteiger partial charge in [-0.25, -0.2) is 9.59 Å². The highest BCUT2D eigenvalue weighted by atomic mass is 35.5. The summed E-state index contributed by atoms with van der Waals surface area (Å²) in [6, 6.07) is 6.39. The standard InChI is InChI=1S/C19H27ClO5/c1-2-3-4-5-6-7-8-13-24-18(21)14-23-15-19(22)25-17-11-9-16(20)10-12-17/h9-12H,2-8,13-15H2,1H3. The number of halogens is 1. The van der Waals surface area contributed by atoms with Crippen LogP contribution in [0.5, 0.6) is 5.75 Å². The molecule has 0 heterocycles. The fraction of sp³-hybridized carbons (Fsp3) is 0.579. The Morgan fingerprint density at radius 1 is 0.880 bits per heavy atom. The summed E-state index contributed by atoms with van der Waals surface area (Å²) >= 11 is 5.74. The predicted octanol–water partition coefficient (Wildman–Crippen LogP) is 4.56. The Morgan fingerprint density at radius 2 is 1.48 bits per heavy atom. The van der Waals surface area contributed by atoms with E-state index in [1.165, 1.54) is 32.1 Å². The molecule has 0 aliphatic heterocycles. The van der Waals surface area contributed by atoms with E-state index < -0.39 is 11.9 Å². The molecule has 5 nitrogen and oxygen atoms in total. The van der Waals surface area contributed by atoms with Gasteiger partial charge in [0.05, 0.1) is 6.61 Å². The van der Waals surface area contributed by atoms with Gasteiger partial charge in [0.2, 0.25) is 0 Å². The number of ether oxygens (including phenoxy) is 3. The molecular weight excluding hydrogens is 344 g/mol. The summed E-state index contributed by atoms with van der Waals surface area (Å²) in [5.74, 6) is -0.674. The SMILES string of the molecule is CCCCCCCCCOC(=O)COCC(=O)Oc1ccc(Cl)cc1. The van der Waals surface area contributed by atoms with Crippen LogP contribution in [0, 0.1) is 0 Å². The third kappa shape index (κ3) is 11.6. The van der Waals surface area contributed by atoms with E-state index >= 15 is 0 Å². The first kappa shape index (κ1) is 21.5. The summed E-state index contributed by atoms with van der Waals surface area (Å²) in [5.41, 5.74) is 0. The van der Waals surface area contributed by atoms with E-state index in [-0.39, 0.29) is 13.2 Å². The normalized spacial score (nSPS) is 10.5. The molecule has 0 saturated carbocycles. The minimum Gasteiger partial charge on any atom is -0.464 e. The van der Waals surface area contributed by atoms with Gasteiger partial charge >= 0.3 is 11.9 Å². The second kappa shape index (κ2) is 13.7. The molecule has 0 fully saturated rings. The molecule has 140 valence electrons. The Morgan fingerprint density at radius 3 is 2.16 bits per heavy atom. The lowest BCUT2D eigenvalue weighted by Crippen LogP contribution is -2.20. The summed E-state index contributed by atoms with van der Waals surface area (Å²) in [6.45, 7) is 2.02. The van der Waals surface area contributed by atoms with Crippen LogP contribution in [-0.2, 0) is 19.1 Å². The zero-order valence-corrected chi connectivity index (χ0v) is 15.6. The minimum absolute atomic E-state index is 0.258. The molecule has 25 heavy (non-hydrogen) atoms. The average molecular weight is 371 g/mol. The number of esters is 2. The smallest absolute Gasteiger partial charge is 0.337 e. The Labute approximate surface area is 154 Å². The maximum Gasteiger partial charge on any atom is 0.337 e.